The largest absolute Gasteiger partial charge is 0.354 e. The number of carbonyl (C=O) groups is 1. The second kappa shape index (κ2) is 8.13. The van der Waals surface area contributed by atoms with E-state index in [1.807, 2.05) is 0 Å². The molecule has 3 rings (SSSR count). The lowest BCUT2D eigenvalue weighted by Crippen LogP contribution is -2.54. The predicted octanol–water partition coefficient (Wildman–Crippen LogP) is 2.77. The molecule has 2 fully saturated rings. The van der Waals surface area contributed by atoms with Gasteiger partial charge in [-0.25, -0.2) is 0 Å². The van der Waals surface area contributed by atoms with Crippen LogP contribution in [0.2, 0.25) is 0 Å². The molecule has 1 amide bonds. The Labute approximate surface area is 145 Å². The maximum absolute atomic E-state index is 12.5. The highest BCUT2D eigenvalue weighted by Crippen LogP contribution is 2.32. The molecule has 0 spiro atoms. The molecule has 3 N–H and O–H groups in total. The minimum Gasteiger partial charge on any atom is -0.354 e. The second-order valence-corrected chi connectivity index (χ2v) is 7.53. The topological polar surface area (TPSA) is 53.2 Å². The van der Waals surface area contributed by atoms with Crippen molar-refractivity contribution in [3.05, 3.63) is 35.9 Å². The van der Waals surface area contributed by atoms with Gasteiger partial charge in [-0.1, -0.05) is 43.2 Å². The molecule has 2 aliphatic rings. The van der Waals surface area contributed by atoms with Crippen molar-refractivity contribution in [2.45, 2.75) is 57.0 Å². The van der Waals surface area contributed by atoms with Gasteiger partial charge in [0.15, 0.2) is 0 Å². The molecule has 1 aromatic carbocycles. The Hall–Kier alpha value is -1.39. The van der Waals surface area contributed by atoms with Crippen LogP contribution >= 0.6 is 0 Å². The van der Waals surface area contributed by atoms with Crippen LogP contribution in [0, 0.1) is 5.92 Å². The average Bonchev–Trinajstić information content (AvgIpc) is 3.10. The first-order valence-corrected chi connectivity index (χ1v) is 9.50. The van der Waals surface area contributed by atoms with Crippen molar-refractivity contribution >= 4 is 5.91 Å². The molecule has 4 heteroatoms. The SMILES string of the molecule is CC(NC1(CNC(=O)C2CCCNC2)CCCC1)c1ccccc1. The summed E-state index contributed by atoms with van der Waals surface area (Å²) in [5, 5.41) is 10.4. The number of carbonyl (C=O) groups excluding carboxylic acids is 1. The monoisotopic (exact) mass is 329 g/mol. The summed E-state index contributed by atoms with van der Waals surface area (Å²) < 4.78 is 0. The second-order valence-electron chi connectivity index (χ2n) is 7.53. The number of piperidine rings is 1. The molecule has 132 valence electrons. The van der Waals surface area contributed by atoms with E-state index in [2.05, 4.69) is 53.2 Å². The summed E-state index contributed by atoms with van der Waals surface area (Å²) in [5.41, 5.74) is 1.36. The summed E-state index contributed by atoms with van der Waals surface area (Å²) in [6.45, 7) is 4.85. The first-order valence-electron chi connectivity index (χ1n) is 9.50. The van der Waals surface area contributed by atoms with Gasteiger partial charge in [-0.3, -0.25) is 4.79 Å². The first-order chi connectivity index (χ1) is 11.7. The summed E-state index contributed by atoms with van der Waals surface area (Å²) in [7, 11) is 0. The van der Waals surface area contributed by atoms with Gasteiger partial charge in [0.25, 0.3) is 0 Å². The zero-order valence-electron chi connectivity index (χ0n) is 14.8. The molecule has 24 heavy (non-hydrogen) atoms. The van der Waals surface area contributed by atoms with Gasteiger partial charge in [-0.05, 0) is 44.7 Å². The minimum atomic E-state index is 0.0486. The molecule has 0 aromatic heterocycles. The van der Waals surface area contributed by atoms with E-state index in [1.165, 1.54) is 18.4 Å². The van der Waals surface area contributed by atoms with Crippen LogP contribution in [0.15, 0.2) is 30.3 Å². The van der Waals surface area contributed by atoms with Crippen LogP contribution in [0.1, 0.15) is 57.1 Å². The van der Waals surface area contributed by atoms with Crippen LogP contribution in [0.4, 0.5) is 0 Å². The lowest BCUT2D eigenvalue weighted by molar-refractivity contribution is -0.125. The van der Waals surface area contributed by atoms with Crippen molar-refractivity contribution in [1.82, 2.24) is 16.0 Å². The van der Waals surface area contributed by atoms with E-state index in [1.54, 1.807) is 0 Å². The molecular formula is C20H31N3O. The Kier molecular flexibility index (Phi) is 5.90. The van der Waals surface area contributed by atoms with E-state index < -0.39 is 0 Å². The summed E-state index contributed by atoms with van der Waals surface area (Å²) in [6, 6.07) is 10.9. The Balaban J connectivity index is 1.58. The number of amides is 1. The van der Waals surface area contributed by atoms with Gasteiger partial charge in [0.05, 0.1) is 5.92 Å². The molecule has 0 bridgehead atoms. The van der Waals surface area contributed by atoms with Crippen LogP contribution in [-0.2, 0) is 4.79 Å². The van der Waals surface area contributed by atoms with E-state index in [4.69, 9.17) is 0 Å². The van der Waals surface area contributed by atoms with E-state index in [0.29, 0.717) is 6.04 Å². The summed E-state index contributed by atoms with van der Waals surface area (Å²) in [6.07, 6.45) is 6.90. The standard InChI is InChI=1S/C20H31N3O/c1-16(17-8-3-2-4-9-17)23-20(11-5-6-12-20)15-22-19(24)18-10-7-13-21-14-18/h2-4,8-9,16,18,21,23H,5-7,10-15H2,1H3,(H,22,24). The van der Waals surface area contributed by atoms with Crippen LogP contribution in [0.25, 0.3) is 0 Å². The molecule has 1 heterocycles. The highest BCUT2D eigenvalue weighted by Gasteiger charge is 2.36. The molecule has 1 saturated heterocycles. The highest BCUT2D eigenvalue weighted by molar-refractivity contribution is 5.79. The Morgan fingerprint density at radius 1 is 1.25 bits per heavy atom. The maximum atomic E-state index is 12.5. The summed E-state index contributed by atoms with van der Waals surface area (Å²) >= 11 is 0. The number of hydrogen-bond donors (Lipinski definition) is 3. The number of rotatable bonds is 6. The lowest BCUT2D eigenvalue weighted by Gasteiger charge is -2.35. The van der Waals surface area contributed by atoms with Gasteiger partial charge < -0.3 is 16.0 Å². The Morgan fingerprint density at radius 3 is 2.67 bits per heavy atom. The third kappa shape index (κ3) is 4.37. The van der Waals surface area contributed by atoms with Crippen molar-refractivity contribution in [2.75, 3.05) is 19.6 Å². The number of benzene rings is 1. The summed E-state index contributed by atoms with van der Waals surface area (Å²) in [5.74, 6) is 0.367. The normalized spacial score (nSPS) is 24.5. The Bertz CT molecular complexity index is 519. The molecule has 4 nitrogen and oxygen atoms in total. The van der Waals surface area contributed by atoms with Crippen molar-refractivity contribution < 1.29 is 4.79 Å². The molecular weight excluding hydrogens is 298 g/mol. The fraction of sp³-hybridized carbons (Fsp3) is 0.650. The predicted molar refractivity (Wildman–Crippen MR) is 97.8 cm³/mol. The smallest absolute Gasteiger partial charge is 0.224 e. The van der Waals surface area contributed by atoms with Gasteiger partial charge >= 0.3 is 0 Å². The van der Waals surface area contributed by atoms with Gasteiger partial charge in [0.1, 0.15) is 0 Å². The number of nitrogens with one attached hydrogen (secondary N) is 3. The molecule has 2 unspecified atom stereocenters. The van der Waals surface area contributed by atoms with E-state index >= 15 is 0 Å². The van der Waals surface area contributed by atoms with Gasteiger partial charge in [0.2, 0.25) is 5.91 Å². The average molecular weight is 329 g/mol. The highest BCUT2D eigenvalue weighted by atomic mass is 16.1. The third-order valence-electron chi connectivity index (χ3n) is 5.65. The van der Waals surface area contributed by atoms with E-state index in [0.717, 1.165) is 45.3 Å². The van der Waals surface area contributed by atoms with Crippen LogP contribution < -0.4 is 16.0 Å². The van der Waals surface area contributed by atoms with Crippen LogP contribution in [0.3, 0.4) is 0 Å². The molecule has 2 atom stereocenters. The lowest BCUT2D eigenvalue weighted by atomic mass is 9.93. The molecule has 1 aromatic rings. The first kappa shape index (κ1) is 17.4. The Morgan fingerprint density at radius 2 is 2.00 bits per heavy atom. The van der Waals surface area contributed by atoms with Gasteiger partial charge in [-0.15, -0.1) is 0 Å². The fourth-order valence-corrected chi connectivity index (χ4v) is 4.18. The van der Waals surface area contributed by atoms with E-state index in [-0.39, 0.29) is 17.4 Å². The third-order valence-corrected chi connectivity index (χ3v) is 5.65. The maximum Gasteiger partial charge on any atom is 0.224 e. The fourth-order valence-electron chi connectivity index (χ4n) is 4.18. The quantitative estimate of drug-likeness (QED) is 0.752. The zero-order valence-corrected chi connectivity index (χ0v) is 14.8. The number of hydrogen-bond acceptors (Lipinski definition) is 3. The molecule has 1 saturated carbocycles. The minimum absolute atomic E-state index is 0.0486. The molecule has 1 aliphatic heterocycles. The molecule has 0 radical (unpaired) electrons. The molecule has 1 aliphatic carbocycles. The van der Waals surface area contributed by atoms with Gasteiger partial charge in [-0.2, -0.15) is 0 Å². The summed E-state index contributed by atoms with van der Waals surface area (Å²) in [4.78, 5) is 12.5. The van der Waals surface area contributed by atoms with Crippen LogP contribution in [0.5, 0.6) is 0 Å². The van der Waals surface area contributed by atoms with Crippen molar-refractivity contribution in [2.24, 2.45) is 5.92 Å². The van der Waals surface area contributed by atoms with Crippen molar-refractivity contribution in [3.8, 4) is 0 Å². The van der Waals surface area contributed by atoms with E-state index in [9.17, 15) is 4.79 Å². The van der Waals surface area contributed by atoms with Crippen molar-refractivity contribution in [1.29, 1.82) is 0 Å². The zero-order chi connectivity index (χ0) is 16.8. The van der Waals surface area contributed by atoms with Crippen LogP contribution in [-0.4, -0.2) is 31.1 Å². The van der Waals surface area contributed by atoms with Crippen molar-refractivity contribution in [3.63, 3.8) is 0 Å². The van der Waals surface area contributed by atoms with Gasteiger partial charge in [0, 0.05) is 24.7 Å².